The quantitative estimate of drug-likeness (QED) is 0.462. The molecule has 2 aromatic heterocycles. The number of pyridine rings is 1. The average Bonchev–Trinajstić information content (AvgIpc) is 3.02. The number of nitrogens with zero attached hydrogens (tertiary/aromatic N) is 1. The summed E-state index contributed by atoms with van der Waals surface area (Å²) in [4.78, 5) is 18.0. The Bertz CT molecular complexity index is 1210. The third-order valence-electron chi connectivity index (χ3n) is 4.62. The van der Waals surface area contributed by atoms with Crippen LogP contribution in [0.5, 0.6) is 17.2 Å². The molecule has 4 aromatic rings. The molecule has 0 fully saturated rings. The van der Waals surface area contributed by atoms with E-state index in [1.54, 1.807) is 24.6 Å². The van der Waals surface area contributed by atoms with Crippen LogP contribution in [-0.2, 0) is 0 Å². The number of aryl methyl sites for hydroxylation is 1. The first-order valence-electron chi connectivity index (χ1n) is 9.41. The number of thiophene rings is 1. The minimum Gasteiger partial charge on any atom is -0.497 e. The highest BCUT2D eigenvalue weighted by Crippen LogP contribution is 2.36. The number of hydrogen-bond donors (Lipinski definition) is 1. The fourth-order valence-electron chi connectivity index (χ4n) is 3.32. The molecule has 5 nitrogen and oxygen atoms in total. The highest BCUT2D eigenvalue weighted by Gasteiger charge is 2.18. The molecule has 0 saturated carbocycles. The van der Waals surface area contributed by atoms with E-state index >= 15 is 0 Å². The highest BCUT2D eigenvalue weighted by atomic mass is 32.1. The second kappa shape index (κ2) is 7.72. The lowest BCUT2D eigenvalue weighted by Crippen LogP contribution is -2.30. The molecule has 0 atom stereocenters. The molecule has 2 aromatic carbocycles. The number of aromatic nitrogens is 1. The second-order valence-electron chi connectivity index (χ2n) is 7.11. The molecule has 4 rings (SSSR count). The average molecular weight is 407 g/mol. The van der Waals surface area contributed by atoms with Crippen molar-refractivity contribution < 1.29 is 14.3 Å². The van der Waals surface area contributed by atoms with Crippen LogP contribution in [0.2, 0.25) is 0 Å². The van der Waals surface area contributed by atoms with Crippen LogP contribution in [-0.4, -0.2) is 24.0 Å². The van der Waals surface area contributed by atoms with Gasteiger partial charge < -0.3 is 14.8 Å². The Labute approximate surface area is 173 Å². The van der Waals surface area contributed by atoms with E-state index in [-0.39, 0.29) is 11.9 Å². The normalized spacial score (nSPS) is 11.2. The maximum Gasteiger partial charge on any atom is 0.253 e. The molecule has 0 spiro atoms. The van der Waals surface area contributed by atoms with Crippen LogP contribution in [0.4, 0.5) is 0 Å². The third-order valence-corrected chi connectivity index (χ3v) is 5.69. The van der Waals surface area contributed by atoms with Gasteiger partial charge in [-0.25, -0.2) is 0 Å². The van der Waals surface area contributed by atoms with Gasteiger partial charge in [0.1, 0.15) is 17.2 Å². The number of fused-ring (bicyclic) bond motifs is 2. The van der Waals surface area contributed by atoms with Gasteiger partial charge in [0.25, 0.3) is 5.91 Å². The predicted octanol–water partition coefficient (Wildman–Crippen LogP) is 5.70. The molecule has 0 aliphatic rings. The van der Waals surface area contributed by atoms with E-state index in [1.165, 1.54) is 0 Å². The van der Waals surface area contributed by atoms with Crippen molar-refractivity contribution in [1.29, 1.82) is 0 Å². The van der Waals surface area contributed by atoms with Gasteiger partial charge >= 0.3 is 0 Å². The minimum absolute atomic E-state index is 0.0357. The third kappa shape index (κ3) is 3.76. The number of hydrogen-bond acceptors (Lipinski definition) is 5. The fourth-order valence-corrected chi connectivity index (χ4v) is 4.41. The van der Waals surface area contributed by atoms with Gasteiger partial charge in [-0.05, 0) is 57.2 Å². The summed E-state index contributed by atoms with van der Waals surface area (Å²) in [7, 11) is 1.63. The van der Waals surface area contributed by atoms with Gasteiger partial charge in [0.2, 0.25) is 0 Å². The smallest absolute Gasteiger partial charge is 0.253 e. The van der Waals surface area contributed by atoms with Crippen molar-refractivity contribution in [2.45, 2.75) is 26.8 Å². The lowest BCUT2D eigenvalue weighted by atomic mass is 10.1. The molecule has 0 unspecified atom stereocenters. The zero-order chi connectivity index (χ0) is 20.5. The Morgan fingerprint density at radius 1 is 1.07 bits per heavy atom. The van der Waals surface area contributed by atoms with Crippen LogP contribution in [0.1, 0.15) is 29.1 Å². The molecule has 0 saturated heterocycles. The van der Waals surface area contributed by atoms with Crippen LogP contribution in [0, 0.1) is 6.92 Å². The first-order valence-corrected chi connectivity index (χ1v) is 10.2. The number of methoxy groups -OCH3 is 1. The summed E-state index contributed by atoms with van der Waals surface area (Å²) in [6.45, 7) is 5.90. The Kier molecular flexibility index (Phi) is 5.11. The SMILES string of the molecule is COc1ccc2c(Oc3ccc4c(C(=O)NC(C)C)c(C)sc4c3)ccnc2c1. The first-order chi connectivity index (χ1) is 14.0. The molecule has 6 heteroatoms. The molecule has 0 radical (unpaired) electrons. The lowest BCUT2D eigenvalue weighted by Gasteiger charge is -2.10. The number of carbonyl (C=O) groups is 1. The van der Waals surface area contributed by atoms with Crippen LogP contribution < -0.4 is 14.8 Å². The summed E-state index contributed by atoms with van der Waals surface area (Å²) in [5.41, 5.74) is 1.55. The van der Waals surface area contributed by atoms with E-state index in [1.807, 2.05) is 63.2 Å². The van der Waals surface area contributed by atoms with Crippen molar-refractivity contribution in [2.24, 2.45) is 0 Å². The number of rotatable bonds is 5. The Morgan fingerprint density at radius 2 is 1.83 bits per heavy atom. The molecular formula is C23H22N2O3S. The summed E-state index contributed by atoms with van der Waals surface area (Å²) in [6.07, 6.45) is 1.72. The van der Waals surface area contributed by atoms with E-state index in [2.05, 4.69) is 10.3 Å². The monoisotopic (exact) mass is 406 g/mol. The van der Waals surface area contributed by atoms with Crippen molar-refractivity contribution >= 4 is 38.2 Å². The van der Waals surface area contributed by atoms with Crippen molar-refractivity contribution in [1.82, 2.24) is 10.3 Å². The maximum absolute atomic E-state index is 12.6. The van der Waals surface area contributed by atoms with Gasteiger partial charge in [-0.1, -0.05) is 0 Å². The van der Waals surface area contributed by atoms with E-state index in [0.29, 0.717) is 0 Å². The second-order valence-corrected chi connectivity index (χ2v) is 8.37. The van der Waals surface area contributed by atoms with Crippen LogP contribution in [0.15, 0.2) is 48.7 Å². The largest absolute Gasteiger partial charge is 0.497 e. The molecule has 0 bridgehead atoms. The number of carbonyl (C=O) groups excluding carboxylic acids is 1. The predicted molar refractivity (Wildman–Crippen MR) is 118 cm³/mol. The zero-order valence-electron chi connectivity index (χ0n) is 16.8. The fraction of sp³-hybridized carbons (Fsp3) is 0.217. The standard InChI is InChI=1S/C23H22N2O3S/c1-13(2)25-23(26)22-14(3)29-21-12-16(6-8-18(21)22)28-20-9-10-24-19-11-15(27-4)5-7-17(19)20/h5-13H,1-4H3,(H,25,26). The number of amides is 1. The highest BCUT2D eigenvalue weighted by molar-refractivity contribution is 7.19. The van der Waals surface area contributed by atoms with Crippen LogP contribution >= 0.6 is 11.3 Å². The summed E-state index contributed by atoms with van der Waals surface area (Å²) in [6, 6.07) is 13.5. The summed E-state index contributed by atoms with van der Waals surface area (Å²) in [5, 5.41) is 4.84. The molecule has 148 valence electrons. The molecule has 2 heterocycles. The molecule has 1 N–H and O–H groups in total. The van der Waals surface area contributed by atoms with Crippen molar-refractivity contribution in [3.8, 4) is 17.2 Å². The topological polar surface area (TPSA) is 60.5 Å². The number of ether oxygens (including phenoxy) is 2. The van der Waals surface area contributed by atoms with Crippen LogP contribution in [0.3, 0.4) is 0 Å². The van der Waals surface area contributed by atoms with E-state index in [0.717, 1.165) is 48.7 Å². The molecular weight excluding hydrogens is 384 g/mol. The Morgan fingerprint density at radius 3 is 2.59 bits per heavy atom. The summed E-state index contributed by atoms with van der Waals surface area (Å²) in [5.74, 6) is 2.16. The van der Waals surface area contributed by atoms with Gasteiger partial charge in [-0.3, -0.25) is 9.78 Å². The van der Waals surface area contributed by atoms with Gasteiger partial charge in [0.05, 0.1) is 18.2 Å². The van der Waals surface area contributed by atoms with Crippen molar-refractivity contribution in [3.05, 3.63) is 59.1 Å². The van der Waals surface area contributed by atoms with Gasteiger partial charge in [-0.15, -0.1) is 11.3 Å². The van der Waals surface area contributed by atoms with E-state index in [9.17, 15) is 4.79 Å². The van der Waals surface area contributed by atoms with Gasteiger partial charge in [-0.2, -0.15) is 0 Å². The van der Waals surface area contributed by atoms with E-state index < -0.39 is 0 Å². The Balaban J connectivity index is 1.69. The number of nitrogens with one attached hydrogen (secondary N) is 1. The van der Waals surface area contributed by atoms with Crippen molar-refractivity contribution in [3.63, 3.8) is 0 Å². The Hall–Kier alpha value is -3.12. The maximum atomic E-state index is 12.6. The van der Waals surface area contributed by atoms with Gasteiger partial charge in [0.15, 0.2) is 0 Å². The number of benzene rings is 2. The van der Waals surface area contributed by atoms with Crippen LogP contribution in [0.25, 0.3) is 21.0 Å². The summed E-state index contributed by atoms with van der Waals surface area (Å²) >= 11 is 1.60. The molecule has 29 heavy (non-hydrogen) atoms. The molecule has 0 aliphatic heterocycles. The van der Waals surface area contributed by atoms with Crippen molar-refractivity contribution in [2.75, 3.05) is 7.11 Å². The van der Waals surface area contributed by atoms with E-state index in [4.69, 9.17) is 9.47 Å². The zero-order valence-corrected chi connectivity index (χ0v) is 17.6. The lowest BCUT2D eigenvalue weighted by molar-refractivity contribution is 0.0944. The van der Waals surface area contributed by atoms with Gasteiger partial charge in [0, 0.05) is 38.7 Å². The molecule has 0 aliphatic carbocycles. The molecule has 1 amide bonds. The first kappa shape index (κ1) is 19.2. The summed E-state index contributed by atoms with van der Waals surface area (Å²) < 4.78 is 12.5. The minimum atomic E-state index is -0.0357.